The number of rotatable bonds is 5. The van der Waals surface area contributed by atoms with Gasteiger partial charge in [0.05, 0.1) is 14.2 Å². The van der Waals surface area contributed by atoms with Gasteiger partial charge in [0, 0.05) is 12.6 Å². The molecule has 1 aromatic heterocycles. The molecule has 0 radical (unpaired) electrons. The maximum Gasteiger partial charge on any atom is 0.253 e. The predicted octanol–water partition coefficient (Wildman–Crippen LogP) is 1.75. The molecule has 0 aliphatic heterocycles. The Kier molecular flexibility index (Phi) is 4.64. The minimum atomic E-state index is -0.298. The van der Waals surface area contributed by atoms with Gasteiger partial charge in [-0.05, 0) is 30.3 Å². The average molecular weight is 307 g/mol. The third kappa shape index (κ3) is 3.25. The number of aromatic nitrogens is 2. The van der Waals surface area contributed by atoms with Crippen LogP contribution in [0.5, 0.6) is 11.5 Å². The van der Waals surface area contributed by atoms with Gasteiger partial charge in [-0.2, -0.15) is 0 Å². The number of para-hydroxylation sites is 1. The summed E-state index contributed by atoms with van der Waals surface area (Å²) in [4.78, 5) is 13.8. The lowest BCUT2D eigenvalue weighted by Gasteiger charge is -2.14. The smallest absolute Gasteiger partial charge is 0.253 e. The van der Waals surface area contributed by atoms with E-state index in [4.69, 9.17) is 27.4 Å². The van der Waals surface area contributed by atoms with E-state index >= 15 is 0 Å². The molecule has 0 amide bonds. The van der Waals surface area contributed by atoms with Gasteiger partial charge >= 0.3 is 0 Å². The van der Waals surface area contributed by atoms with Crippen LogP contribution in [0.4, 0.5) is 5.82 Å². The fourth-order valence-electron chi connectivity index (χ4n) is 2.15. The second-order valence-electron chi connectivity index (χ2n) is 4.42. The summed E-state index contributed by atoms with van der Waals surface area (Å²) in [5.74, 6) is 1.70. The van der Waals surface area contributed by atoms with E-state index in [9.17, 15) is 4.79 Å². The number of benzene rings is 1. The molecule has 0 saturated heterocycles. The highest BCUT2D eigenvalue weighted by Gasteiger charge is 2.10. The molecule has 0 aliphatic rings. The number of hydrogen-bond donors (Lipinski definition) is 2. The Labute approximate surface area is 127 Å². The summed E-state index contributed by atoms with van der Waals surface area (Å²) in [6.07, 6.45) is 0.644. The zero-order chi connectivity index (χ0) is 15.4. The average Bonchev–Trinajstić information content (AvgIpc) is 2.45. The van der Waals surface area contributed by atoms with Crippen molar-refractivity contribution >= 4 is 18.0 Å². The summed E-state index contributed by atoms with van der Waals surface area (Å²) in [6.45, 7) is 0.533. The van der Waals surface area contributed by atoms with Crippen molar-refractivity contribution in [1.82, 2.24) is 9.55 Å². The Bertz CT molecular complexity index is 752. The standard InChI is InChI=1S/C14H17N3O3S/c1-19-10-5-3-4-9(13(10)20-2)6-7-17-11(15)8-12(18)16-14(17)21/h3-5,8H,6-7,15H2,1-2H3,(H,16,18,21). The molecule has 0 bridgehead atoms. The van der Waals surface area contributed by atoms with E-state index in [1.54, 1.807) is 18.8 Å². The Morgan fingerprint density at radius 3 is 2.71 bits per heavy atom. The molecule has 7 heteroatoms. The lowest BCUT2D eigenvalue weighted by Crippen LogP contribution is -2.17. The van der Waals surface area contributed by atoms with Crippen LogP contribution in [-0.4, -0.2) is 23.8 Å². The quantitative estimate of drug-likeness (QED) is 0.822. The van der Waals surface area contributed by atoms with Crippen molar-refractivity contribution in [1.29, 1.82) is 0 Å². The number of anilines is 1. The van der Waals surface area contributed by atoms with E-state index in [1.807, 2.05) is 18.2 Å². The van der Waals surface area contributed by atoms with Crippen LogP contribution in [-0.2, 0) is 13.0 Å². The van der Waals surface area contributed by atoms with Crippen LogP contribution in [0.3, 0.4) is 0 Å². The molecule has 112 valence electrons. The lowest BCUT2D eigenvalue weighted by atomic mass is 10.1. The molecule has 0 spiro atoms. The largest absolute Gasteiger partial charge is 0.493 e. The fourth-order valence-corrected chi connectivity index (χ4v) is 2.45. The van der Waals surface area contributed by atoms with Gasteiger partial charge in [0.15, 0.2) is 16.3 Å². The second kappa shape index (κ2) is 6.45. The molecule has 0 unspecified atom stereocenters. The summed E-state index contributed by atoms with van der Waals surface area (Å²) in [5, 5.41) is 0. The first-order valence-electron chi connectivity index (χ1n) is 6.36. The summed E-state index contributed by atoms with van der Waals surface area (Å²) >= 11 is 5.12. The van der Waals surface area contributed by atoms with Gasteiger partial charge in [0.25, 0.3) is 5.56 Å². The molecular formula is C14H17N3O3S. The molecule has 1 aromatic carbocycles. The number of aromatic amines is 1. The monoisotopic (exact) mass is 307 g/mol. The van der Waals surface area contributed by atoms with Crippen LogP contribution < -0.4 is 20.8 Å². The van der Waals surface area contributed by atoms with Crippen LogP contribution in [0.1, 0.15) is 5.56 Å². The first-order chi connectivity index (χ1) is 10.1. The number of aryl methyl sites for hydroxylation is 1. The molecule has 6 nitrogen and oxygen atoms in total. The SMILES string of the molecule is COc1cccc(CCn2c(N)cc(=O)[nH]c2=S)c1OC. The molecule has 21 heavy (non-hydrogen) atoms. The van der Waals surface area contributed by atoms with Crippen LogP contribution in [0.2, 0.25) is 0 Å². The van der Waals surface area contributed by atoms with Crippen molar-refractivity contribution in [3.8, 4) is 11.5 Å². The first-order valence-corrected chi connectivity index (χ1v) is 6.77. The van der Waals surface area contributed by atoms with E-state index in [1.165, 1.54) is 6.07 Å². The van der Waals surface area contributed by atoms with Crippen molar-refractivity contribution in [2.45, 2.75) is 13.0 Å². The van der Waals surface area contributed by atoms with Gasteiger partial charge in [-0.3, -0.25) is 9.78 Å². The van der Waals surface area contributed by atoms with E-state index in [0.29, 0.717) is 35.1 Å². The van der Waals surface area contributed by atoms with Crippen LogP contribution in [0, 0.1) is 4.77 Å². The molecule has 0 atom stereocenters. The predicted molar refractivity (Wildman–Crippen MR) is 83.5 cm³/mol. The summed E-state index contributed by atoms with van der Waals surface area (Å²) in [6, 6.07) is 7.00. The van der Waals surface area contributed by atoms with Gasteiger partial charge in [0.2, 0.25) is 0 Å². The van der Waals surface area contributed by atoms with Crippen molar-refractivity contribution in [3.05, 3.63) is 45.0 Å². The molecular weight excluding hydrogens is 290 g/mol. The van der Waals surface area contributed by atoms with E-state index in [0.717, 1.165) is 5.56 Å². The topological polar surface area (TPSA) is 82.3 Å². The highest BCUT2D eigenvalue weighted by atomic mass is 32.1. The minimum absolute atomic E-state index is 0.298. The Morgan fingerprint density at radius 2 is 2.10 bits per heavy atom. The van der Waals surface area contributed by atoms with Crippen molar-refractivity contribution in [2.24, 2.45) is 0 Å². The number of ether oxygens (including phenoxy) is 2. The third-order valence-electron chi connectivity index (χ3n) is 3.16. The number of methoxy groups -OCH3 is 2. The second-order valence-corrected chi connectivity index (χ2v) is 4.80. The number of nitrogen functional groups attached to an aromatic ring is 1. The van der Waals surface area contributed by atoms with E-state index < -0.39 is 0 Å². The molecule has 0 fully saturated rings. The minimum Gasteiger partial charge on any atom is -0.493 e. The van der Waals surface area contributed by atoms with Crippen LogP contribution in [0.25, 0.3) is 0 Å². The Balaban J connectivity index is 2.29. The highest BCUT2D eigenvalue weighted by molar-refractivity contribution is 7.71. The summed E-state index contributed by atoms with van der Waals surface area (Å²) in [7, 11) is 3.19. The number of H-pyrrole nitrogens is 1. The molecule has 2 rings (SSSR count). The maximum atomic E-state index is 11.3. The third-order valence-corrected chi connectivity index (χ3v) is 3.48. The molecule has 0 saturated carbocycles. The Hall–Kier alpha value is -2.28. The van der Waals surface area contributed by atoms with Crippen molar-refractivity contribution < 1.29 is 9.47 Å². The van der Waals surface area contributed by atoms with Gasteiger partial charge in [-0.1, -0.05) is 12.1 Å². The van der Waals surface area contributed by atoms with Crippen molar-refractivity contribution in [3.63, 3.8) is 0 Å². The normalized spacial score (nSPS) is 10.4. The highest BCUT2D eigenvalue weighted by Crippen LogP contribution is 2.31. The zero-order valence-corrected chi connectivity index (χ0v) is 12.7. The lowest BCUT2D eigenvalue weighted by molar-refractivity contribution is 0.351. The van der Waals surface area contributed by atoms with Gasteiger partial charge in [-0.25, -0.2) is 0 Å². The van der Waals surface area contributed by atoms with E-state index in [2.05, 4.69) is 4.98 Å². The summed E-state index contributed by atoms with van der Waals surface area (Å²) in [5.41, 5.74) is 6.51. The van der Waals surface area contributed by atoms with Crippen LogP contribution in [0.15, 0.2) is 29.1 Å². The maximum absolute atomic E-state index is 11.3. The Morgan fingerprint density at radius 1 is 1.33 bits per heavy atom. The number of nitrogens with two attached hydrogens (primary N) is 1. The van der Waals surface area contributed by atoms with Crippen LogP contribution >= 0.6 is 12.2 Å². The molecule has 2 aromatic rings. The first kappa shape index (κ1) is 15.1. The fraction of sp³-hybridized carbons (Fsp3) is 0.286. The number of nitrogens with zero attached hydrogens (tertiary/aromatic N) is 1. The molecule has 0 aliphatic carbocycles. The molecule has 1 heterocycles. The number of nitrogens with one attached hydrogen (secondary N) is 1. The van der Waals surface area contributed by atoms with Gasteiger partial charge in [-0.15, -0.1) is 0 Å². The van der Waals surface area contributed by atoms with E-state index in [-0.39, 0.29) is 5.56 Å². The van der Waals surface area contributed by atoms with Crippen molar-refractivity contribution in [2.75, 3.05) is 20.0 Å². The van der Waals surface area contributed by atoms with Gasteiger partial charge < -0.3 is 19.8 Å². The number of hydrogen-bond acceptors (Lipinski definition) is 5. The molecule has 3 N–H and O–H groups in total. The zero-order valence-electron chi connectivity index (χ0n) is 11.9. The summed E-state index contributed by atoms with van der Waals surface area (Å²) < 4.78 is 12.6. The van der Waals surface area contributed by atoms with Gasteiger partial charge in [0.1, 0.15) is 5.82 Å².